The highest BCUT2D eigenvalue weighted by atomic mass is 16.5. The van der Waals surface area contributed by atoms with Crippen LogP contribution in [-0.2, 0) is 12.1 Å². The molecule has 0 saturated carbocycles. The van der Waals surface area contributed by atoms with Gasteiger partial charge in [-0.2, -0.15) is 0 Å². The Morgan fingerprint density at radius 3 is 2.37 bits per heavy atom. The fraction of sp³-hybridized carbons (Fsp3) is 0.381. The molecule has 0 heterocycles. The van der Waals surface area contributed by atoms with Crippen LogP contribution >= 0.6 is 0 Å². The van der Waals surface area contributed by atoms with Crippen LogP contribution in [0.4, 0.5) is 0 Å². The van der Waals surface area contributed by atoms with Gasteiger partial charge in [-0.05, 0) is 37.1 Å². The number of aliphatic hydroxyl groups is 1. The third-order valence-electron chi connectivity index (χ3n) is 4.21. The highest BCUT2D eigenvalue weighted by Crippen LogP contribution is 2.27. The highest BCUT2D eigenvalue weighted by Gasteiger charge is 2.22. The Morgan fingerprint density at radius 1 is 1.04 bits per heavy atom. The molecule has 0 spiro atoms. The molecule has 0 radical (unpaired) electrons. The van der Waals surface area contributed by atoms with Crippen molar-refractivity contribution in [1.29, 1.82) is 0 Å². The zero-order chi connectivity index (χ0) is 19.7. The first-order valence-corrected chi connectivity index (χ1v) is 9.01. The SMILES string of the molecule is CCNC(=NCc1ccc(OC)c(OC)c1)NCC(C)(O)c1ccccc1. The van der Waals surface area contributed by atoms with Gasteiger partial charge in [0.05, 0.1) is 27.3 Å². The Labute approximate surface area is 161 Å². The molecule has 0 aliphatic carbocycles. The zero-order valence-electron chi connectivity index (χ0n) is 16.5. The van der Waals surface area contributed by atoms with Crippen molar-refractivity contribution >= 4 is 5.96 Å². The molecule has 0 amide bonds. The maximum atomic E-state index is 10.7. The Morgan fingerprint density at radius 2 is 1.74 bits per heavy atom. The number of nitrogens with one attached hydrogen (secondary N) is 2. The average Bonchev–Trinajstić information content (AvgIpc) is 2.70. The first kappa shape index (κ1) is 20.6. The van der Waals surface area contributed by atoms with Gasteiger partial charge in [0.1, 0.15) is 5.60 Å². The number of benzene rings is 2. The zero-order valence-corrected chi connectivity index (χ0v) is 16.5. The summed E-state index contributed by atoms with van der Waals surface area (Å²) in [5, 5.41) is 17.2. The van der Waals surface area contributed by atoms with Gasteiger partial charge in [-0.3, -0.25) is 0 Å². The van der Waals surface area contributed by atoms with Crippen LogP contribution in [0, 0.1) is 0 Å². The second-order valence-electron chi connectivity index (χ2n) is 6.38. The van der Waals surface area contributed by atoms with Crippen LogP contribution in [-0.4, -0.2) is 38.4 Å². The van der Waals surface area contributed by atoms with Crippen molar-refractivity contribution in [3.05, 3.63) is 59.7 Å². The minimum Gasteiger partial charge on any atom is -0.493 e. The number of aliphatic imine (C=N–C) groups is 1. The molecule has 6 nitrogen and oxygen atoms in total. The predicted molar refractivity (Wildman–Crippen MR) is 108 cm³/mol. The predicted octanol–water partition coefficient (Wildman–Crippen LogP) is 2.67. The Balaban J connectivity index is 2.06. The van der Waals surface area contributed by atoms with Crippen LogP contribution in [0.25, 0.3) is 0 Å². The number of methoxy groups -OCH3 is 2. The van der Waals surface area contributed by atoms with Crippen LogP contribution in [0.3, 0.4) is 0 Å². The van der Waals surface area contributed by atoms with Crippen molar-refractivity contribution in [2.24, 2.45) is 4.99 Å². The van der Waals surface area contributed by atoms with Crippen LogP contribution < -0.4 is 20.1 Å². The van der Waals surface area contributed by atoms with Gasteiger partial charge in [0.15, 0.2) is 17.5 Å². The summed E-state index contributed by atoms with van der Waals surface area (Å²) in [6, 6.07) is 15.3. The fourth-order valence-corrected chi connectivity index (χ4v) is 2.65. The highest BCUT2D eigenvalue weighted by molar-refractivity contribution is 5.79. The summed E-state index contributed by atoms with van der Waals surface area (Å²) in [5.74, 6) is 2.01. The molecule has 2 rings (SSSR count). The molecule has 6 heteroatoms. The van der Waals surface area contributed by atoms with Gasteiger partial charge in [0.25, 0.3) is 0 Å². The van der Waals surface area contributed by atoms with Crippen LogP contribution in [0.2, 0.25) is 0 Å². The lowest BCUT2D eigenvalue weighted by Crippen LogP contribution is -2.44. The Hall–Kier alpha value is -2.73. The van der Waals surface area contributed by atoms with E-state index in [0.717, 1.165) is 17.7 Å². The normalized spacial score (nSPS) is 13.6. The quantitative estimate of drug-likeness (QED) is 0.491. The maximum absolute atomic E-state index is 10.7. The summed E-state index contributed by atoms with van der Waals surface area (Å²) in [6.07, 6.45) is 0. The van der Waals surface area contributed by atoms with Crippen molar-refractivity contribution in [2.45, 2.75) is 26.0 Å². The van der Waals surface area contributed by atoms with Gasteiger partial charge in [-0.15, -0.1) is 0 Å². The molecule has 0 saturated heterocycles. The lowest BCUT2D eigenvalue weighted by Gasteiger charge is -2.25. The molecule has 2 aromatic carbocycles. The molecule has 3 N–H and O–H groups in total. The van der Waals surface area contributed by atoms with Crippen molar-refractivity contribution < 1.29 is 14.6 Å². The third kappa shape index (κ3) is 5.89. The minimum atomic E-state index is -0.999. The second-order valence-corrected chi connectivity index (χ2v) is 6.38. The molecule has 0 fully saturated rings. The fourth-order valence-electron chi connectivity index (χ4n) is 2.65. The number of rotatable bonds is 8. The van der Waals surface area contributed by atoms with Crippen molar-refractivity contribution in [2.75, 3.05) is 27.3 Å². The van der Waals surface area contributed by atoms with Gasteiger partial charge in [0.2, 0.25) is 0 Å². The van der Waals surface area contributed by atoms with E-state index < -0.39 is 5.60 Å². The van der Waals surface area contributed by atoms with Gasteiger partial charge in [-0.25, -0.2) is 4.99 Å². The monoisotopic (exact) mass is 371 g/mol. The molecular formula is C21H29N3O3. The van der Waals surface area contributed by atoms with Crippen LogP contribution in [0.5, 0.6) is 11.5 Å². The van der Waals surface area contributed by atoms with E-state index in [0.29, 0.717) is 30.5 Å². The number of hydrogen-bond donors (Lipinski definition) is 3. The molecule has 1 atom stereocenters. The van der Waals surface area contributed by atoms with Crippen molar-refractivity contribution in [3.63, 3.8) is 0 Å². The van der Waals surface area contributed by atoms with Gasteiger partial charge in [0, 0.05) is 6.54 Å². The molecule has 0 aromatic heterocycles. The van der Waals surface area contributed by atoms with E-state index in [2.05, 4.69) is 15.6 Å². The molecule has 27 heavy (non-hydrogen) atoms. The molecule has 0 bridgehead atoms. The van der Waals surface area contributed by atoms with Crippen molar-refractivity contribution in [3.8, 4) is 11.5 Å². The summed E-state index contributed by atoms with van der Waals surface area (Å²) >= 11 is 0. The van der Waals surface area contributed by atoms with E-state index in [-0.39, 0.29) is 0 Å². The van der Waals surface area contributed by atoms with Gasteiger partial charge >= 0.3 is 0 Å². The third-order valence-corrected chi connectivity index (χ3v) is 4.21. The standard InChI is InChI=1S/C21H29N3O3/c1-5-22-20(24-15-21(2,25)17-9-7-6-8-10-17)23-14-16-11-12-18(26-3)19(13-16)27-4/h6-13,25H,5,14-15H2,1-4H3,(H2,22,23,24). The number of nitrogens with zero attached hydrogens (tertiary/aromatic N) is 1. The summed E-state index contributed by atoms with van der Waals surface area (Å²) < 4.78 is 10.6. The summed E-state index contributed by atoms with van der Waals surface area (Å²) in [7, 11) is 3.23. The summed E-state index contributed by atoms with van der Waals surface area (Å²) in [6.45, 7) is 5.33. The number of guanidine groups is 1. The van der Waals surface area contributed by atoms with Crippen LogP contribution in [0.15, 0.2) is 53.5 Å². The molecular weight excluding hydrogens is 342 g/mol. The van der Waals surface area contributed by atoms with Crippen LogP contribution in [0.1, 0.15) is 25.0 Å². The van der Waals surface area contributed by atoms with E-state index in [1.165, 1.54) is 0 Å². The van der Waals surface area contributed by atoms with Gasteiger partial charge in [-0.1, -0.05) is 36.4 Å². The minimum absolute atomic E-state index is 0.342. The summed E-state index contributed by atoms with van der Waals surface area (Å²) in [5.41, 5.74) is 0.855. The Kier molecular flexibility index (Phi) is 7.49. The molecule has 1 unspecified atom stereocenters. The van der Waals surface area contributed by atoms with E-state index >= 15 is 0 Å². The topological polar surface area (TPSA) is 75.1 Å². The van der Waals surface area contributed by atoms with E-state index in [1.54, 1.807) is 21.1 Å². The van der Waals surface area contributed by atoms with E-state index in [1.807, 2.05) is 55.5 Å². The second kappa shape index (κ2) is 9.83. The average molecular weight is 371 g/mol. The first-order valence-electron chi connectivity index (χ1n) is 9.01. The van der Waals surface area contributed by atoms with E-state index in [4.69, 9.17) is 9.47 Å². The summed E-state index contributed by atoms with van der Waals surface area (Å²) in [4.78, 5) is 4.60. The largest absolute Gasteiger partial charge is 0.493 e. The Bertz CT molecular complexity index is 746. The maximum Gasteiger partial charge on any atom is 0.191 e. The smallest absolute Gasteiger partial charge is 0.191 e. The molecule has 2 aromatic rings. The first-order chi connectivity index (χ1) is 13.0. The molecule has 0 aliphatic heterocycles. The number of hydrogen-bond acceptors (Lipinski definition) is 4. The van der Waals surface area contributed by atoms with E-state index in [9.17, 15) is 5.11 Å². The molecule has 0 aliphatic rings. The van der Waals surface area contributed by atoms with Crippen molar-refractivity contribution in [1.82, 2.24) is 10.6 Å². The lowest BCUT2D eigenvalue weighted by molar-refractivity contribution is 0.0617. The lowest BCUT2D eigenvalue weighted by atomic mass is 9.96. The molecule has 146 valence electrons. The number of ether oxygens (including phenoxy) is 2. The van der Waals surface area contributed by atoms with Gasteiger partial charge < -0.3 is 25.2 Å².